The van der Waals surface area contributed by atoms with E-state index in [2.05, 4.69) is 5.32 Å². The molecule has 4 nitrogen and oxygen atoms in total. The summed E-state index contributed by atoms with van der Waals surface area (Å²) >= 11 is 13.4. The normalized spacial score (nSPS) is 10.5. The topological polar surface area (TPSA) is 64.3 Å². The number of hydrogen-bond donors (Lipinski definition) is 2. The summed E-state index contributed by atoms with van der Waals surface area (Å²) in [6.07, 6.45) is 0.396. The molecular weight excluding hydrogens is 307 g/mol. The third kappa shape index (κ3) is 5.91. The summed E-state index contributed by atoms with van der Waals surface area (Å²) in [5.74, 6) is 1.47. The van der Waals surface area contributed by atoms with Crippen LogP contribution in [0, 0.1) is 0 Å². The highest BCUT2D eigenvalue weighted by molar-refractivity contribution is 7.99. The number of nitrogen functional groups attached to an aromatic ring is 1. The van der Waals surface area contributed by atoms with E-state index < -0.39 is 0 Å². The zero-order chi connectivity index (χ0) is 14.3. The van der Waals surface area contributed by atoms with Gasteiger partial charge in [-0.2, -0.15) is 11.8 Å². The van der Waals surface area contributed by atoms with Gasteiger partial charge < -0.3 is 15.8 Å². The lowest BCUT2D eigenvalue weighted by Crippen LogP contribution is -2.14. The van der Waals surface area contributed by atoms with E-state index in [0.29, 0.717) is 34.4 Å². The number of ether oxygens (including phenoxy) is 1. The Morgan fingerprint density at radius 2 is 2.16 bits per heavy atom. The van der Waals surface area contributed by atoms with Crippen LogP contribution in [0.4, 0.5) is 11.4 Å². The van der Waals surface area contributed by atoms with Crippen LogP contribution in [-0.2, 0) is 9.53 Å². The Morgan fingerprint density at radius 3 is 2.79 bits per heavy atom. The Kier molecular flexibility index (Phi) is 7.38. The van der Waals surface area contributed by atoms with Crippen LogP contribution in [-0.4, -0.2) is 31.1 Å². The van der Waals surface area contributed by atoms with Crippen molar-refractivity contribution in [3.05, 3.63) is 22.2 Å². The first-order chi connectivity index (χ1) is 9.04. The van der Waals surface area contributed by atoms with Crippen LogP contribution in [0.5, 0.6) is 0 Å². The fourth-order valence-electron chi connectivity index (χ4n) is 1.34. The molecule has 0 aliphatic rings. The van der Waals surface area contributed by atoms with Gasteiger partial charge in [-0.25, -0.2) is 0 Å². The standard InChI is InChI=1S/C12H16Cl2N2O2S/c1-18-3-5-19-4-2-11(17)16-12-9(14)6-8(13)7-10(12)15/h6-7H,2-5,15H2,1H3,(H,16,17). The fourth-order valence-corrected chi connectivity index (χ4v) is 2.71. The van der Waals surface area contributed by atoms with Crippen LogP contribution in [0.1, 0.15) is 6.42 Å². The lowest BCUT2D eigenvalue weighted by atomic mass is 10.2. The predicted octanol–water partition coefficient (Wildman–Crippen LogP) is 3.28. The SMILES string of the molecule is COCCSCCC(=O)Nc1c(N)cc(Cl)cc1Cl. The molecule has 0 saturated carbocycles. The highest BCUT2D eigenvalue weighted by Crippen LogP contribution is 2.32. The van der Waals surface area contributed by atoms with Crippen LogP contribution in [0.25, 0.3) is 0 Å². The molecule has 0 saturated heterocycles. The average Bonchev–Trinajstić information content (AvgIpc) is 2.33. The molecule has 1 aromatic carbocycles. The van der Waals surface area contributed by atoms with Gasteiger partial charge >= 0.3 is 0 Å². The first-order valence-electron chi connectivity index (χ1n) is 5.65. The van der Waals surface area contributed by atoms with Crippen LogP contribution in [0.3, 0.4) is 0 Å². The molecular formula is C12H16Cl2N2O2S. The second kappa shape index (κ2) is 8.53. The molecule has 7 heteroatoms. The van der Waals surface area contributed by atoms with E-state index in [9.17, 15) is 4.79 Å². The lowest BCUT2D eigenvalue weighted by Gasteiger charge is -2.10. The molecule has 0 aliphatic heterocycles. The highest BCUT2D eigenvalue weighted by Gasteiger charge is 2.10. The summed E-state index contributed by atoms with van der Waals surface area (Å²) < 4.78 is 4.92. The lowest BCUT2D eigenvalue weighted by molar-refractivity contribution is -0.115. The molecule has 0 bridgehead atoms. The molecule has 0 unspecified atom stereocenters. The van der Waals surface area contributed by atoms with Crippen molar-refractivity contribution in [2.45, 2.75) is 6.42 Å². The van der Waals surface area contributed by atoms with Crippen LogP contribution >= 0.6 is 35.0 Å². The monoisotopic (exact) mass is 322 g/mol. The van der Waals surface area contributed by atoms with Crippen molar-refractivity contribution in [1.29, 1.82) is 0 Å². The van der Waals surface area contributed by atoms with E-state index in [-0.39, 0.29) is 5.91 Å². The number of methoxy groups -OCH3 is 1. The quantitative estimate of drug-likeness (QED) is 0.597. The number of carbonyl (C=O) groups excluding carboxylic acids is 1. The van der Waals surface area contributed by atoms with Crippen molar-refractivity contribution in [1.82, 2.24) is 0 Å². The molecule has 0 spiro atoms. The Labute approximate surface area is 127 Å². The van der Waals surface area contributed by atoms with Gasteiger partial charge in [0.15, 0.2) is 0 Å². The molecule has 0 aromatic heterocycles. The predicted molar refractivity (Wildman–Crippen MR) is 83.3 cm³/mol. The van der Waals surface area contributed by atoms with Gasteiger partial charge in [-0.1, -0.05) is 23.2 Å². The van der Waals surface area contributed by atoms with Gasteiger partial charge in [0.25, 0.3) is 0 Å². The summed E-state index contributed by atoms with van der Waals surface area (Å²) in [7, 11) is 1.65. The third-order valence-corrected chi connectivity index (χ3v) is 3.72. The van der Waals surface area contributed by atoms with Crippen molar-refractivity contribution < 1.29 is 9.53 Å². The maximum Gasteiger partial charge on any atom is 0.225 e. The molecule has 0 heterocycles. The molecule has 3 N–H and O–H groups in total. The van der Waals surface area contributed by atoms with Gasteiger partial charge in [0, 0.05) is 30.1 Å². The molecule has 0 fully saturated rings. The first-order valence-corrected chi connectivity index (χ1v) is 7.56. The largest absolute Gasteiger partial charge is 0.397 e. The van der Waals surface area contributed by atoms with E-state index >= 15 is 0 Å². The van der Waals surface area contributed by atoms with E-state index in [1.54, 1.807) is 31.0 Å². The van der Waals surface area contributed by atoms with Crippen LogP contribution < -0.4 is 11.1 Å². The zero-order valence-electron chi connectivity index (χ0n) is 10.5. The minimum Gasteiger partial charge on any atom is -0.397 e. The maximum atomic E-state index is 11.7. The van der Waals surface area contributed by atoms with Gasteiger partial charge in [0.2, 0.25) is 5.91 Å². The Hall–Kier alpha value is -0.620. The number of nitrogens with two attached hydrogens (primary N) is 1. The molecule has 1 aromatic rings. The average molecular weight is 323 g/mol. The van der Waals surface area contributed by atoms with E-state index in [1.807, 2.05) is 0 Å². The molecule has 1 rings (SSSR count). The van der Waals surface area contributed by atoms with Crippen LogP contribution in [0.15, 0.2) is 12.1 Å². The number of amides is 1. The first kappa shape index (κ1) is 16.4. The number of carbonyl (C=O) groups is 1. The Morgan fingerprint density at radius 1 is 1.42 bits per heavy atom. The molecule has 0 radical (unpaired) electrons. The summed E-state index contributed by atoms with van der Waals surface area (Å²) in [4.78, 5) is 11.7. The number of nitrogens with one attached hydrogen (secondary N) is 1. The minimum absolute atomic E-state index is 0.124. The molecule has 1 amide bonds. The number of halogens is 2. The zero-order valence-corrected chi connectivity index (χ0v) is 12.9. The molecule has 0 aliphatic carbocycles. The van der Waals surface area contributed by atoms with Gasteiger partial charge in [-0.05, 0) is 12.1 Å². The van der Waals surface area contributed by atoms with Crippen molar-refractivity contribution in [2.24, 2.45) is 0 Å². The van der Waals surface area contributed by atoms with E-state index in [1.165, 1.54) is 0 Å². The maximum absolute atomic E-state index is 11.7. The van der Waals surface area contributed by atoms with E-state index in [4.69, 9.17) is 33.7 Å². The third-order valence-electron chi connectivity index (χ3n) is 2.26. The molecule has 19 heavy (non-hydrogen) atoms. The van der Waals surface area contributed by atoms with Gasteiger partial charge in [-0.3, -0.25) is 4.79 Å². The van der Waals surface area contributed by atoms with Gasteiger partial charge in [0.1, 0.15) is 0 Å². The summed E-state index contributed by atoms with van der Waals surface area (Å²) in [5.41, 5.74) is 6.53. The number of thioether (sulfide) groups is 1. The highest BCUT2D eigenvalue weighted by atomic mass is 35.5. The second-order valence-corrected chi connectivity index (χ2v) is 5.82. The summed E-state index contributed by atoms with van der Waals surface area (Å²) in [5, 5.41) is 3.48. The second-order valence-electron chi connectivity index (χ2n) is 3.76. The van der Waals surface area contributed by atoms with Crippen molar-refractivity contribution in [2.75, 3.05) is 36.3 Å². The summed E-state index contributed by atoms with van der Waals surface area (Å²) in [6.45, 7) is 0.683. The van der Waals surface area contributed by atoms with E-state index in [0.717, 1.165) is 11.5 Å². The van der Waals surface area contributed by atoms with Crippen molar-refractivity contribution in [3.63, 3.8) is 0 Å². The number of rotatable bonds is 7. The van der Waals surface area contributed by atoms with Gasteiger partial charge in [0.05, 0.1) is 23.0 Å². The van der Waals surface area contributed by atoms with Crippen molar-refractivity contribution in [3.8, 4) is 0 Å². The summed E-state index contributed by atoms with van der Waals surface area (Å²) in [6, 6.07) is 3.10. The minimum atomic E-state index is -0.124. The van der Waals surface area contributed by atoms with Crippen LogP contribution in [0.2, 0.25) is 10.0 Å². The Bertz CT molecular complexity index is 421. The number of anilines is 2. The molecule has 106 valence electrons. The van der Waals surface area contributed by atoms with Crippen molar-refractivity contribution >= 4 is 52.2 Å². The molecule has 0 atom stereocenters. The smallest absolute Gasteiger partial charge is 0.225 e. The fraction of sp³-hybridized carbons (Fsp3) is 0.417. The van der Waals surface area contributed by atoms with Gasteiger partial charge in [-0.15, -0.1) is 0 Å². The number of hydrogen-bond acceptors (Lipinski definition) is 4. The number of benzene rings is 1. The Balaban J connectivity index is 2.44.